The van der Waals surface area contributed by atoms with Crippen LogP contribution in [0.2, 0.25) is 0 Å². The van der Waals surface area contributed by atoms with Gasteiger partial charge in [0.05, 0.1) is 0 Å². The summed E-state index contributed by atoms with van der Waals surface area (Å²) in [5, 5.41) is 10.6. The SMILES string of the molecule is O=[N+]([O-])c1ncccc1OC1CC(Br)C1. The van der Waals surface area contributed by atoms with Crippen molar-refractivity contribution in [3.8, 4) is 5.75 Å². The van der Waals surface area contributed by atoms with Crippen LogP contribution >= 0.6 is 15.9 Å². The molecule has 0 N–H and O–H groups in total. The molecule has 0 spiro atoms. The van der Waals surface area contributed by atoms with E-state index >= 15 is 0 Å². The number of hydrogen-bond acceptors (Lipinski definition) is 4. The second-order valence-corrected chi connectivity index (χ2v) is 4.69. The van der Waals surface area contributed by atoms with Crippen LogP contribution in [-0.4, -0.2) is 20.8 Å². The van der Waals surface area contributed by atoms with Gasteiger partial charge in [-0.1, -0.05) is 15.9 Å². The molecule has 1 aliphatic rings. The molecule has 1 heterocycles. The quantitative estimate of drug-likeness (QED) is 0.481. The Morgan fingerprint density at radius 2 is 2.33 bits per heavy atom. The fourth-order valence-electron chi connectivity index (χ4n) is 1.39. The van der Waals surface area contributed by atoms with E-state index in [1.165, 1.54) is 6.20 Å². The minimum absolute atomic E-state index is 0.0669. The fraction of sp³-hybridized carbons (Fsp3) is 0.444. The average molecular weight is 273 g/mol. The third-order valence-electron chi connectivity index (χ3n) is 2.25. The Kier molecular flexibility index (Phi) is 2.86. The maximum absolute atomic E-state index is 10.6. The van der Waals surface area contributed by atoms with E-state index in [0.717, 1.165) is 12.8 Å². The highest BCUT2D eigenvalue weighted by Crippen LogP contribution is 2.33. The van der Waals surface area contributed by atoms with Gasteiger partial charge in [0.25, 0.3) is 0 Å². The molecule has 0 amide bonds. The van der Waals surface area contributed by atoms with E-state index in [4.69, 9.17) is 4.74 Å². The number of halogens is 1. The zero-order chi connectivity index (χ0) is 10.8. The summed E-state index contributed by atoms with van der Waals surface area (Å²) in [5.74, 6) is 0.0439. The molecule has 1 fully saturated rings. The maximum Gasteiger partial charge on any atom is 0.406 e. The molecule has 1 aromatic heterocycles. The normalized spacial score (nSPS) is 24.3. The molecule has 0 atom stereocenters. The lowest BCUT2D eigenvalue weighted by Crippen LogP contribution is -2.34. The van der Waals surface area contributed by atoms with Gasteiger partial charge in [0, 0.05) is 4.83 Å². The molecule has 0 aromatic carbocycles. The van der Waals surface area contributed by atoms with E-state index in [0.29, 0.717) is 4.83 Å². The Bertz CT molecular complexity index is 379. The second-order valence-electron chi connectivity index (χ2n) is 3.39. The van der Waals surface area contributed by atoms with Crippen molar-refractivity contribution in [2.45, 2.75) is 23.8 Å². The first-order chi connectivity index (χ1) is 7.16. The molecule has 0 saturated heterocycles. The molecule has 0 bridgehead atoms. The summed E-state index contributed by atoms with van der Waals surface area (Å²) in [6.07, 6.45) is 3.22. The third kappa shape index (κ3) is 2.26. The van der Waals surface area contributed by atoms with E-state index in [9.17, 15) is 10.1 Å². The van der Waals surface area contributed by atoms with Gasteiger partial charge >= 0.3 is 5.82 Å². The molecule has 2 rings (SSSR count). The monoisotopic (exact) mass is 272 g/mol. The van der Waals surface area contributed by atoms with Gasteiger partial charge in [0.15, 0.2) is 0 Å². The van der Waals surface area contributed by atoms with Crippen molar-refractivity contribution in [1.82, 2.24) is 4.98 Å². The van der Waals surface area contributed by atoms with Crippen molar-refractivity contribution in [1.29, 1.82) is 0 Å². The predicted octanol–water partition coefficient (Wildman–Crippen LogP) is 2.29. The van der Waals surface area contributed by atoms with E-state index in [2.05, 4.69) is 20.9 Å². The summed E-state index contributed by atoms with van der Waals surface area (Å²) in [4.78, 5) is 14.2. The first-order valence-corrected chi connectivity index (χ1v) is 5.48. The summed E-state index contributed by atoms with van der Waals surface area (Å²) < 4.78 is 5.48. The van der Waals surface area contributed by atoms with Gasteiger partial charge in [0.1, 0.15) is 12.3 Å². The lowest BCUT2D eigenvalue weighted by Gasteiger charge is -2.31. The molecule has 1 saturated carbocycles. The first kappa shape index (κ1) is 10.4. The second kappa shape index (κ2) is 4.14. The smallest absolute Gasteiger partial charge is 0.406 e. The van der Waals surface area contributed by atoms with Crippen LogP contribution in [0.25, 0.3) is 0 Å². The molecule has 0 unspecified atom stereocenters. The van der Waals surface area contributed by atoms with Crippen molar-refractivity contribution < 1.29 is 9.66 Å². The Labute approximate surface area is 94.7 Å². The number of rotatable bonds is 3. The van der Waals surface area contributed by atoms with Gasteiger partial charge in [-0.3, -0.25) is 0 Å². The highest BCUT2D eigenvalue weighted by Gasteiger charge is 2.30. The summed E-state index contributed by atoms with van der Waals surface area (Å²) in [5.41, 5.74) is 0. The van der Waals surface area contributed by atoms with Crippen LogP contribution in [0, 0.1) is 10.1 Å². The van der Waals surface area contributed by atoms with Gasteiger partial charge in [-0.25, -0.2) is 0 Å². The van der Waals surface area contributed by atoms with Gasteiger partial charge < -0.3 is 14.9 Å². The van der Waals surface area contributed by atoms with E-state index in [-0.39, 0.29) is 17.7 Å². The van der Waals surface area contributed by atoms with Gasteiger partial charge in [0.2, 0.25) is 5.75 Å². The van der Waals surface area contributed by atoms with Crippen molar-refractivity contribution in [3.63, 3.8) is 0 Å². The zero-order valence-corrected chi connectivity index (χ0v) is 9.38. The van der Waals surface area contributed by atoms with Crippen LogP contribution in [0.15, 0.2) is 18.3 Å². The minimum Gasteiger partial charge on any atom is -0.482 e. The molecule has 15 heavy (non-hydrogen) atoms. The first-order valence-electron chi connectivity index (χ1n) is 4.57. The van der Waals surface area contributed by atoms with Crippen LogP contribution in [0.3, 0.4) is 0 Å². The molecule has 0 aliphatic heterocycles. The van der Waals surface area contributed by atoms with Crippen molar-refractivity contribution in [2.24, 2.45) is 0 Å². The number of aromatic nitrogens is 1. The summed E-state index contributed by atoms with van der Waals surface area (Å²) >= 11 is 3.43. The summed E-state index contributed by atoms with van der Waals surface area (Å²) in [6, 6.07) is 3.21. The van der Waals surface area contributed by atoms with Crippen molar-refractivity contribution in [2.75, 3.05) is 0 Å². The number of hydrogen-bond donors (Lipinski definition) is 0. The van der Waals surface area contributed by atoms with Gasteiger partial charge in [-0.05, 0) is 34.9 Å². The molecule has 80 valence electrons. The Morgan fingerprint density at radius 1 is 1.60 bits per heavy atom. The number of nitro groups is 1. The van der Waals surface area contributed by atoms with E-state index in [1.807, 2.05) is 0 Å². The Balaban J connectivity index is 2.10. The van der Waals surface area contributed by atoms with Crippen LogP contribution in [0.4, 0.5) is 5.82 Å². The highest BCUT2D eigenvalue weighted by atomic mass is 79.9. The molecule has 1 aliphatic carbocycles. The van der Waals surface area contributed by atoms with Gasteiger partial charge in [-0.2, -0.15) is 0 Å². The molecule has 0 radical (unpaired) electrons. The third-order valence-corrected chi connectivity index (χ3v) is 3.00. The summed E-state index contributed by atoms with van der Waals surface area (Å²) in [7, 11) is 0. The topological polar surface area (TPSA) is 65.3 Å². The van der Waals surface area contributed by atoms with Gasteiger partial charge in [-0.15, -0.1) is 0 Å². The zero-order valence-electron chi connectivity index (χ0n) is 7.80. The number of pyridine rings is 1. The maximum atomic E-state index is 10.6. The van der Waals surface area contributed by atoms with Crippen LogP contribution in [0.1, 0.15) is 12.8 Å². The number of ether oxygens (including phenoxy) is 1. The molecular weight excluding hydrogens is 264 g/mol. The minimum atomic E-state index is -0.528. The van der Waals surface area contributed by atoms with Crippen LogP contribution in [0.5, 0.6) is 5.75 Å². The lowest BCUT2D eigenvalue weighted by molar-refractivity contribution is -0.390. The van der Waals surface area contributed by atoms with Crippen LogP contribution < -0.4 is 4.74 Å². The number of nitrogens with zero attached hydrogens (tertiary/aromatic N) is 2. The average Bonchev–Trinajstić information content (AvgIpc) is 2.16. The number of alkyl halides is 1. The highest BCUT2D eigenvalue weighted by molar-refractivity contribution is 9.09. The van der Waals surface area contributed by atoms with Crippen LogP contribution in [-0.2, 0) is 0 Å². The lowest BCUT2D eigenvalue weighted by atomic mass is 9.96. The summed E-state index contributed by atoms with van der Waals surface area (Å²) in [6.45, 7) is 0. The Hall–Kier alpha value is -1.17. The molecule has 6 heteroatoms. The van der Waals surface area contributed by atoms with E-state index < -0.39 is 4.92 Å². The van der Waals surface area contributed by atoms with E-state index in [1.54, 1.807) is 12.1 Å². The molecule has 1 aromatic rings. The van der Waals surface area contributed by atoms with Crippen molar-refractivity contribution in [3.05, 3.63) is 28.4 Å². The standard InChI is InChI=1S/C9H9BrN2O3/c10-6-4-7(5-6)15-8-2-1-3-11-9(8)12(13)14/h1-3,6-7H,4-5H2. The predicted molar refractivity (Wildman–Crippen MR) is 57.3 cm³/mol. The molecule has 5 nitrogen and oxygen atoms in total. The fourth-order valence-corrected chi connectivity index (χ4v) is 2.22. The van der Waals surface area contributed by atoms with Crippen molar-refractivity contribution >= 4 is 21.7 Å². The molecular formula is C9H9BrN2O3. The Morgan fingerprint density at radius 3 is 2.93 bits per heavy atom. The largest absolute Gasteiger partial charge is 0.482 e.